The van der Waals surface area contributed by atoms with Crippen LogP contribution in [0.2, 0.25) is 0 Å². The number of hydrogen-bond donors (Lipinski definition) is 1. The fraction of sp³-hybridized carbons (Fsp3) is 0.632. The van der Waals surface area contributed by atoms with Crippen LogP contribution >= 0.6 is 0 Å². The molecule has 1 aromatic heterocycles. The smallest absolute Gasteiger partial charge is 0.331 e. The van der Waals surface area contributed by atoms with Crippen molar-refractivity contribution in [1.82, 2.24) is 10.2 Å². The molecule has 1 N–H and O–H groups in total. The molecule has 1 saturated heterocycles. The van der Waals surface area contributed by atoms with Gasteiger partial charge in [0.15, 0.2) is 5.76 Å². The predicted octanol–water partition coefficient (Wildman–Crippen LogP) is 2.12. The molecule has 0 spiro atoms. The Morgan fingerprint density at radius 3 is 2.46 bits per heavy atom. The summed E-state index contributed by atoms with van der Waals surface area (Å²) in [5.74, 6) is -0.482. The fourth-order valence-electron chi connectivity index (χ4n) is 3.97. The average molecular weight is 362 g/mol. The third-order valence-electron chi connectivity index (χ3n) is 5.53. The first-order valence-corrected chi connectivity index (χ1v) is 9.29. The first-order chi connectivity index (χ1) is 12.6. The molecule has 0 unspecified atom stereocenters. The van der Waals surface area contributed by atoms with E-state index in [-0.39, 0.29) is 23.7 Å². The highest BCUT2D eigenvalue weighted by Crippen LogP contribution is 2.30. The van der Waals surface area contributed by atoms with E-state index in [9.17, 15) is 14.4 Å². The molecule has 0 bridgehead atoms. The number of esters is 1. The summed E-state index contributed by atoms with van der Waals surface area (Å²) in [7, 11) is 1.36. The summed E-state index contributed by atoms with van der Waals surface area (Å²) in [4.78, 5) is 39.0. The van der Waals surface area contributed by atoms with Crippen LogP contribution in [0, 0.1) is 5.92 Å². The van der Waals surface area contributed by atoms with E-state index in [0.717, 1.165) is 19.3 Å². The van der Waals surface area contributed by atoms with E-state index in [1.54, 1.807) is 17.0 Å². The Bertz CT molecular complexity index is 641. The maximum absolute atomic E-state index is 12.8. The van der Waals surface area contributed by atoms with Crippen LogP contribution in [0.1, 0.15) is 55.5 Å². The molecule has 7 heteroatoms. The van der Waals surface area contributed by atoms with Crippen molar-refractivity contribution in [2.45, 2.75) is 50.5 Å². The van der Waals surface area contributed by atoms with Crippen molar-refractivity contribution in [3.63, 3.8) is 0 Å². The quantitative estimate of drug-likeness (QED) is 0.829. The minimum atomic E-state index is -0.884. The molecule has 2 fully saturated rings. The second kappa shape index (κ2) is 7.93. The van der Waals surface area contributed by atoms with Crippen LogP contribution in [-0.4, -0.2) is 48.4 Å². The van der Waals surface area contributed by atoms with Crippen LogP contribution < -0.4 is 5.32 Å². The molecule has 0 aromatic carbocycles. The molecule has 1 saturated carbocycles. The molecule has 2 aliphatic rings. The second-order valence-electron chi connectivity index (χ2n) is 7.17. The van der Waals surface area contributed by atoms with E-state index < -0.39 is 5.54 Å². The van der Waals surface area contributed by atoms with Crippen LogP contribution in [0.25, 0.3) is 0 Å². The summed E-state index contributed by atoms with van der Waals surface area (Å²) in [5.41, 5.74) is -0.884. The predicted molar refractivity (Wildman–Crippen MR) is 93.3 cm³/mol. The number of rotatable bonds is 4. The standard InChI is InChI=1S/C19H26N2O5/c1-25-18(24)19(9-3-2-4-10-19)20-16(22)14-7-11-21(12-8-14)17(23)15-6-5-13-26-15/h5-6,13-14H,2-4,7-12H2,1H3,(H,20,22). The van der Waals surface area contributed by atoms with Crippen molar-refractivity contribution in [2.75, 3.05) is 20.2 Å². The lowest BCUT2D eigenvalue weighted by Gasteiger charge is -2.37. The SMILES string of the molecule is COC(=O)C1(NC(=O)C2CCN(C(=O)c3ccco3)CC2)CCCCC1. The lowest BCUT2D eigenvalue weighted by molar-refractivity contribution is -0.153. The number of piperidine rings is 1. The number of furan rings is 1. The van der Waals surface area contributed by atoms with E-state index >= 15 is 0 Å². The van der Waals surface area contributed by atoms with Crippen LogP contribution in [0.5, 0.6) is 0 Å². The number of nitrogens with one attached hydrogen (secondary N) is 1. The van der Waals surface area contributed by atoms with Gasteiger partial charge in [0, 0.05) is 19.0 Å². The van der Waals surface area contributed by atoms with Gasteiger partial charge < -0.3 is 19.4 Å². The summed E-state index contributed by atoms with van der Waals surface area (Å²) < 4.78 is 10.1. The topological polar surface area (TPSA) is 88.9 Å². The van der Waals surface area contributed by atoms with Gasteiger partial charge in [0.1, 0.15) is 5.54 Å². The normalized spacial score (nSPS) is 20.4. The Labute approximate surface area is 153 Å². The number of nitrogens with zero attached hydrogens (tertiary/aromatic N) is 1. The third-order valence-corrected chi connectivity index (χ3v) is 5.53. The molecule has 142 valence electrons. The van der Waals surface area contributed by atoms with Gasteiger partial charge in [0.25, 0.3) is 5.91 Å². The van der Waals surface area contributed by atoms with Gasteiger partial charge >= 0.3 is 5.97 Å². The number of carbonyl (C=O) groups excluding carboxylic acids is 3. The summed E-state index contributed by atoms with van der Waals surface area (Å²) in [6, 6.07) is 3.33. The van der Waals surface area contributed by atoms with Crippen LogP contribution in [-0.2, 0) is 14.3 Å². The van der Waals surface area contributed by atoms with Crippen molar-refractivity contribution in [3.8, 4) is 0 Å². The first-order valence-electron chi connectivity index (χ1n) is 9.29. The van der Waals surface area contributed by atoms with E-state index in [4.69, 9.17) is 9.15 Å². The van der Waals surface area contributed by atoms with Crippen LogP contribution in [0.15, 0.2) is 22.8 Å². The lowest BCUT2D eigenvalue weighted by Crippen LogP contribution is -2.58. The van der Waals surface area contributed by atoms with E-state index in [0.29, 0.717) is 44.5 Å². The third kappa shape index (κ3) is 3.76. The van der Waals surface area contributed by atoms with Crippen LogP contribution in [0.3, 0.4) is 0 Å². The molecule has 0 radical (unpaired) electrons. The molecule has 2 heterocycles. The lowest BCUT2D eigenvalue weighted by atomic mass is 9.81. The molecule has 1 aromatic rings. The molecule has 7 nitrogen and oxygen atoms in total. The summed E-state index contributed by atoms with van der Waals surface area (Å²) in [6.45, 7) is 1.01. The molecule has 26 heavy (non-hydrogen) atoms. The van der Waals surface area contributed by atoms with Gasteiger partial charge in [0.2, 0.25) is 5.91 Å². The molecule has 1 aliphatic heterocycles. The molecule has 3 rings (SSSR count). The van der Waals surface area contributed by atoms with Gasteiger partial charge in [-0.3, -0.25) is 9.59 Å². The summed E-state index contributed by atoms with van der Waals surface area (Å²) in [5, 5.41) is 2.99. The highest BCUT2D eigenvalue weighted by molar-refractivity contribution is 5.92. The largest absolute Gasteiger partial charge is 0.467 e. The summed E-state index contributed by atoms with van der Waals surface area (Å²) in [6.07, 6.45) is 6.77. The maximum Gasteiger partial charge on any atom is 0.331 e. The monoisotopic (exact) mass is 362 g/mol. The number of methoxy groups -OCH3 is 1. The zero-order chi connectivity index (χ0) is 18.6. The summed E-state index contributed by atoms with van der Waals surface area (Å²) >= 11 is 0. The molecular formula is C19H26N2O5. The average Bonchev–Trinajstić information content (AvgIpc) is 3.22. The van der Waals surface area contributed by atoms with Gasteiger partial charge in [-0.15, -0.1) is 0 Å². The highest BCUT2D eigenvalue weighted by atomic mass is 16.5. The van der Waals surface area contributed by atoms with Gasteiger partial charge in [-0.2, -0.15) is 0 Å². The van der Waals surface area contributed by atoms with Gasteiger partial charge in [-0.1, -0.05) is 19.3 Å². The number of likely N-dealkylation sites (tertiary alicyclic amines) is 1. The molecule has 0 atom stereocenters. The molecule has 1 aliphatic carbocycles. The van der Waals surface area contributed by atoms with E-state index in [1.165, 1.54) is 13.4 Å². The molecule has 2 amide bonds. The van der Waals surface area contributed by atoms with Crippen molar-refractivity contribution < 1.29 is 23.5 Å². The van der Waals surface area contributed by atoms with E-state index in [2.05, 4.69) is 5.32 Å². The van der Waals surface area contributed by atoms with Crippen LogP contribution in [0.4, 0.5) is 0 Å². The zero-order valence-electron chi connectivity index (χ0n) is 15.2. The van der Waals surface area contributed by atoms with Gasteiger partial charge in [-0.05, 0) is 37.8 Å². The Morgan fingerprint density at radius 2 is 1.88 bits per heavy atom. The Balaban J connectivity index is 1.57. The van der Waals surface area contributed by atoms with Crippen molar-refractivity contribution in [1.29, 1.82) is 0 Å². The van der Waals surface area contributed by atoms with E-state index in [1.807, 2.05) is 0 Å². The number of carbonyl (C=O) groups is 3. The number of ether oxygens (including phenoxy) is 1. The Kier molecular flexibility index (Phi) is 5.64. The number of hydrogen-bond acceptors (Lipinski definition) is 5. The van der Waals surface area contributed by atoms with Gasteiger partial charge in [0.05, 0.1) is 13.4 Å². The van der Waals surface area contributed by atoms with Crippen molar-refractivity contribution in [2.24, 2.45) is 5.92 Å². The highest BCUT2D eigenvalue weighted by Gasteiger charge is 2.43. The molecular weight excluding hydrogens is 336 g/mol. The van der Waals surface area contributed by atoms with Gasteiger partial charge in [-0.25, -0.2) is 4.79 Å². The van der Waals surface area contributed by atoms with Crippen molar-refractivity contribution in [3.05, 3.63) is 24.2 Å². The Hall–Kier alpha value is -2.31. The zero-order valence-corrected chi connectivity index (χ0v) is 15.2. The number of amides is 2. The minimum Gasteiger partial charge on any atom is -0.467 e. The second-order valence-corrected chi connectivity index (χ2v) is 7.17. The maximum atomic E-state index is 12.8. The first kappa shape index (κ1) is 18.5. The fourth-order valence-corrected chi connectivity index (χ4v) is 3.97. The Morgan fingerprint density at radius 1 is 1.19 bits per heavy atom. The minimum absolute atomic E-state index is 0.109. The van der Waals surface area contributed by atoms with Crippen molar-refractivity contribution >= 4 is 17.8 Å².